The van der Waals surface area contributed by atoms with Crippen LogP contribution in [0.3, 0.4) is 0 Å². The van der Waals surface area contributed by atoms with Crippen LogP contribution in [0.25, 0.3) is 6.08 Å². The van der Waals surface area contributed by atoms with E-state index in [0.29, 0.717) is 56.6 Å². The molecular formula is C33H32N2O6S. The van der Waals surface area contributed by atoms with Gasteiger partial charge in [-0.1, -0.05) is 65.9 Å². The Morgan fingerprint density at radius 1 is 0.976 bits per heavy atom. The van der Waals surface area contributed by atoms with Crippen LogP contribution in [-0.2, 0) is 16.1 Å². The third-order valence-electron chi connectivity index (χ3n) is 6.77. The molecule has 0 aliphatic carbocycles. The molecule has 0 spiro atoms. The summed E-state index contributed by atoms with van der Waals surface area (Å²) in [5.74, 6) is 1.28. The molecule has 216 valence electrons. The lowest BCUT2D eigenvalue weighted by molar-refractivity contribution is -0.139. The zero-order valence-corrected chi connectivity index (χ0v) is 24.8. The minimum absolute atomic E-state index is 0.206. The summed E-state index contributed by atoms with van der Waals surface area (Å²) in [6, 6.07) is 22.1. The number of ether oxygens (including phenoxy) is 4. The normalized spacial score (nSPS) is 14.7. The molecule has 0 saturated carbocycles. The van der Waals surface area contributed by atoms with Gasteiger partial charge in [0, 0.05) is 5.56 Å². The van der Waals surface area contributed by atoms with Crippen LogP contribution in [-0.4, -0.2) is 30.9 Å². The molecule has 9 heteroatoms. The summed E-state index contributed by atoms with van der Waals surface area (Å²) in [4.78, 5) is 32.4. The van der Waals surface area contributed by atoms with Crippen molar-refractivity contribution < 1.29 is 23.7 Å². The number of methoxy groups -OCH3 is 1. The molecule has 0 radical (unpaired) electrons. The highest BCUT2D eigenvalue weighted by Crippen LogP contribution is 2.33. The van der Waals surface area contributed by atoms with Gasteiger partial charge in [-0.25, -0.2) is 9.79 Å². The second-order valence-corrected chi connectivity index (χ2v) is 10.5. The zero-order chi connectivity index (χ0) is 29.6. The fourth-order valence-corrected chi connectivity index (χ4v) is 5.89. The molecule has 3 aromatic carbocycles. The Morgan fingerprint density at radius 3 is 2.43 bits per heavy atom. The van der Waals surface area contributed by atoms with E-state index in [-0.39, 0.29) is 12.2 Å². The summed E-state index contributed by atoms with van der Waals surface area (Å²) < 4.78 is 24.8. The number of carbonyl (C=O) groups is 1. The number of rotatable bonds is 10. The monoisotopic (exact) mass is 584 g/mol. The van der Waals surface area contributed by atoms with Crippen LogP contribution in [0.1, 0.15) is 43.5 Å². The first kappa shape index (κ1) is 28.9. The van der Waals surface area contributed by atoms with Gasteiger partial charge in [0.05, 0.1) is 42.2 Å². The van der Waals surface area contributed by atoms with Crippen molar-refractivity contribution in [2.24, 2.45) is 4.99 Å². The van der Waals surface area contributed by atoms with E-state index in [1.165, 1.54) is 11.3 Å². The summed E-state index contributed by atoms with van der Waals surface area (Å²) in [6.45, 7) is 6.50. The smallest absolute Gasteiger partial charge is 0.338 e. The average molecular weight is 585 g/mol. The lowest BCUT2D eigenvalue weighted by Crippen LogP contribution is -2.39. The van der Waals surface area contributed by atoms with Crippen molar-refractivity contribution in [3.05, 3.63) is 120 Å². The molecule has 1 atom stereocenters. The maximum Gasteiger partial charge on any atom is 0.338 e. The van der Waals surface area contributed by atoms with E-state index < -0.39 is 12.0 Å². The molecule has 0 unspecified atom stereocenters. The molecule has 1 aliphatic rings. The highest BCUT2D eigenvalue weighted by Gasteiger charge is 2.33. The molecule has 0 amide bonds. The van der Waals surface area contributed by atoms with Crippen LogP contribution in [0.15, 0.2) is 93.9 Å². The van der Waals surface area contributed by atoms with Crippen LogP contribution in [0.2, 0.25) is 0 Å². The Morgan fingerprint density at radius 2 is 1.74 bits per heavy atom. The van der Waals surface area contributed by atoms with Gasteiger partial charge in [-0.05, 0) is 56.2 Å². The van der Waals surface area contributed by atoms with Crippen molar-refractivity contribution in [3.63, 3.8) is 0 Å². The van der Waals surface area contributed by atoms with Gasteiger partial charge in [-0.15, -0.1) is 0 Å². The Hall–Kier alpha value is -4.63. The minimum atomic E-state index is -0.711. The lowest BCUT2D eigenvalue weighted by atomic mass is 9.96. The SMILES string of the molecule is CCOC(=O)C1=C(C)N=c2s/c(=C\c3cccc(OC)c3OCc3ccccc3)c(=O)n2[C@H]1c1ccc(OCC)cc1. The van der Waals surface area contributed by atoms with E-state index in [1.54, 1.807) is 31.6 Å². The molecule has 0 saturated heterocycles. The maximum absolute atomic E-state index is 14.1. The second kappa shape index (κ2) is 12.9. The zero-order valence-electron chi connectivity index (χ0n) is 24.0. The largest absolute Gasteiger partial charge is 0.494 e. The molecule has 4 aromatic rings. The number of allylic oxidation sites excluding steroid dienone is 1. The number of para-hydroxylation sites is 1. The predicted octanol–water partition coefficient (Wildman–Crippen LogP) is 4.78. The van der Waals surface area contributed by atoms with Gasteiger partial charge in [0.1, 0.15) is 12.4 Å². The van der Waals surface area contributed by atoms with Crippen LogP contribution < -0.4 is 29.1 Å². The summed E-state index contributed by atoms with van der Waals surface area (Å²) in [5.41, 5.74) is 3.00. The van der Waals surface area contributed by atoms with E-state index in [2.05, 4.69) is 4.99 Å². The first-order valence-corrected chi connectivity index (χ1v) is 14.5. The fourth-order valence-electron chi connectivity index (χ4n) is 4.85. The van der Waals surface area contributed by atoms with Gasteiger partial charge in [0.2, 0.25) is 0 Å². The average Bonchev–Trinajstić information content (AvgIpc) is 3.30. The molecule has 42 heavy (non-hydrogen) atoms. The Labute approximate surface area is 247 Å². The molecular weight excluding hydrogens is 552 g/mol. The quantitative estimate of drug-likeness (QED) is 0.249. The third kappa shape index (κ3) is 5.87. The molecule has 2 heterocycles. The van der Waals surface area contributed by atoms with Gasteiger partial charge in [0.25, 0.3) is 5.56 Å². The molecule has 0 bridgehead atoms. The standard InChI is InChI=1S/C33H32N2O6S/c1-5-39-25-17-15-23(16-18-25)29-28(32(37)40-6-2)21(3)34-33-35(29)31(36)27(42-33)19-24-13-10-14-26(38-4)30(24)41-20-22-11-8-7-9-12-22/h7-19,29H,5-6,20H2,1-4H3/b27-19-/t29-/m0/s1. The number of hydrogen-bond donors (Lipinski definition) is 0. The topological polar surface area (TPSA) is 88.4 Å². The number of esters is 1. The van der Waals surface area contributed by atoms with Crippen LogP contribution in [0, 0.1) is 0 Å². The summed E-state index contributed by atoms with van der Waals surface area (Å²) >= 11 is 1.25. The highest BCUT2D eigenvalue weighted by atomic mass is 32.1. The van der Waals surface area contributed by atoms with Gasteiger partial charge in [-0.3, -0.25) is 9.36 Å². The maximum atomic E-state index is 14.1. The third-order valence-corrected chi connectivity index (χ3v) is 7.75. The van der Waals surface area contributed by atoms with Gasteiger partial charge in [-0.2, -0.15) is 0 Å². The molecule has 0 N–H and O–H groups in total. The predicted molar refractivity (Wildman–Crippen MR) is 162 cm³/mol. The molecule has 1 aliphatic heterocycles. The molecule has 5 rings (SSSR count). The van der Waals surface area contributed by atoms with Crippen LogP contribution in [0.5, 0.6) is 17.2 Å². The first-order valence-electron chi connectivity index (χ1n) is 13.7. The Balaban J connectivity index is 1.63. The minimum Gasteiger partial charge on any atom is -0.494 e. The van der Waals surface area contributed by atoms with Crippen LogP contribution >= 0.6 is 11.3 Å². The molecule has 1 aromatic heterocycles. The lowest BCUT2D eigenvalue weighted by Gasteiger charge is -2.24. The number of aromatic nitrogens is 1. The molecule has 0 fully saturated rings. The van der Waals surface area contributed by atoms with E-state index in [0.717, 1.165) is 11.1 Å². The number of thiazole rings is 1. The van der Waals surface area contributed by atoms with E-state index in [9.17, 15) is 9.59 Å². The van der Waals surface area contributed by atoms with Gasteiger partial charge < -0.3 is 18.9 Å². The van der Waals surface area contributed by atoms with Crippen molar-refractivity contribution in [2.75, 3.05) is 20.3 Å². The number of fused-ring (bicyclic) bond motifs is 1. The number of nitrogens with zero attached hydrogens (tertiary/aromatic N) is 2. The van der Waals surface area contributed by atoms with E-state index in [1.807, 2.05) is 79.7 Å². The number of benzene rings is 3. The van der Waals surface area contributed by atoms with Gasteiger partial charge in [0.15, 0.2) is 16.3 Å². The molecule has 8 nitrogen and oxygen atoms in total. The van der Waals surface area contributed by atoms with Crippen molar-refractivity contribution in [1.29, 1.82) is 0 Å². The summed E-state index contributed by atoms with van der Waals surface area (Å²) in [6.07, 6.45) is 1.78. The summed E-state index contributed by atoms with van der Waals surface area (Å²) in [7, 11) is 1.58. The fraction of sp³-hybridized carbons (Fsp3) is 0.242. The van der Waals surface area contributed by atoms with Crippen molar-refractivity contribution in [2.45, 2.75) is 33.4 Å². The van der Waals surface area contributed by atoms with Gasteiger partial charge >= 0.3 is 5.97 Å². The number of hydrogen-bond acceptors (Lipinski definition) is 8. The Bertz CT molecular complexity index is 1790. The highest BCUT2D eigenvalue weighted by molar-refractivity contribution is 7.07. The van der Waals surface area contributed by atoms with Crippen molar-refractivity contribution in [1.82, 2.24) is 4.57 Å². The number of carbonyl (C=O) groups excluding carboxylic acids is 1. The summed E-state index contributed by atoms with van der Waals surface area (Å²) in [5, 5.41) is 0. The second-order valence-electron chi connectivity index (χ2n) is 9.46. The first-order chi connectivity index (χ1) is 20.4. The van der Waals surface area contributed by atoms with E-state index in [4.69, 9.17) is 18.9 Å². The van der Waals surface area contributed by atoms with Crippen molar-refractivity contribution >= 4 is 23.4 Å². The van der Waals surface area contributed by atoms with Crippen molar-refractivity contribution in [3.8, 4) is 17.2 Å². The van der Waals surface area contributed by atoms with E-state index >= 15 is 0 Å². The van der Waals surface area contributed by atoms with Crippen LogP contribution in [0.4, 0.5) is 0 Å². The Kier molecular flexibility index (Phi) is 8.88.